The SMILES string of the molecule is Cc1cc(-c2ccc3ccccc3c2)cc(F)c1C#Cc1cc(F)c(C(F)(F)Oc2cc(F)c(F)c(F)c2)c(F)c1. The van der Waals surface area contributed by atoms with Gasteiger partial charge in [0, 0.05) is 17.7 Å². The van der Waals surface area contributed by atoms with Gasteiger partial charge >= 0.3 is 6.11 Å². The molecular weight excluding hydrogens is 552 g/mol. The third-order valence-corrected chi connectivity index (χ3v) is 6.24. The first-order valence-corrected chi connectivity index (χ1v) is 11.9. The van der Waals surface area contributed by atoms with Crippen molar-refractivity contribution in [1.82, 2.24) is 0 Å². The van der Waals surface area contributed by atoms with E-state index in [9.17, 15) is 30.7 Å². The molecule has 5 rings (SSSR count). The molecule has 5 aromatic carbocycles. The van der Waals surface area contributed by atoms with Crippen LogP contribution in [-0.2, 0) is 6.11 Å². The summed E-state index contributed by atoms with van der Waals surface area (Å²) in [5.41, 5.74) is -0.545. The Balaban J connectivity index is 1.43. The van der Waals surface area contributed by atoms with Crippen LogP contribution in [0.15, 0.2) is 78.9 Å². The number of alkyl halides is 2. The predicted molar refractivity (Wildman–Crippen MR) is 137 cm³/mol. The second-order valence-electron chi connectivity index (χ2n) is 9.10. The van der Waals surface area contributed by atoms with Crippen molar-refractivity contribution in [2.75, 3.05) is 0 Å². The summed E-state index contributed by atoms with van der Waals surface area (Å²) in [6.45, 7) is 1.60. The molecule has 0 saturated heterocycles. The molecule has 0 bridgehead atoms. The number of fused-ring (bicyclic) bond motifs is 1. The first kappa shape index (κ1) is 27.7. The van der Waals surface area contributed by atoms with E-state index in [0.717, 1.165) is 16.3 Å². The van der Waals surface area contributed by atoms with Crippen molar-refractivity contribution >= 4 is 10.8 Å². The maximum absolute atomic E-state index is 15.0. The molecule has 0 aliphatic rings. The van der Waals surface area contributed by atoms with Gasteiger partial charge in [0.05, 0.1) is 5.56 Å². The van der Waals surface area contributed by atoms with Gasteiger partial charge in [-0.25, -0.2) is 26.3 Å². The van der Waals surface area contributed by atoms with Crippen LogP contribution in [0.1, 0.15) is 22.3 Å². The average molecular weight is 568 g/mol. The average Bonchev–Trinajstić information content (AvgIpc) is 2.90. The Bertz CT molecular complexity index is 1820. The molecule has 41 heavy (non-hydrogen) atoms. The summed E-state index contributed by atoms with van der Waals surface area (Å²) in [5, 5.41) is 1.98. The van der Waals surface area contributed by atoms with Crippen LogP contribution >= 0.6 is 0 Å². The molecule has 0 radical (unpaired) electrons. The molecule has 0 N–H and O–H groups in total. The summed E-state index contributed by atoms with van der Waals surface area (Å²) in [6.07, 6.45) is -4.74. The van der Waals surface area contributed by atoms with E-state index in [-0.39, 0.29) is 17.7 Å². The summed E-state index contributed by atoms with van der Waals surface area (Å²) in [6, 6.07) is 17.4. The van der Waals surface area contributed by atoms with E-state index in [4.69, 9.17) is 0 Å². The van der Waals surface area contributed by atoms with Gasteiger partial charge in [-0.3, -0.25) is 0 Å². The molecule has 0 atom stereocenters. The smallest absolute Gasteiger partial charge is 0.429 e. The number of hydrogen-bond acceptors (Lipinski definition) is 1. The van der Waals surface area contributed by atoms with Crippen molar-refractivity contribution in [3.63, 3.8) is 0 Å². The third-order valence-electron chi connectivity index (χ3n) is 6.24. The van der Waals surface area contributed by atoms with Crippen molar-refractivity contribution in [2.24, 2.45) is 0 Å². The van der Waals surface area contributed by atoms with Gasteiger partial charge in [0.25, 0.3) is 0 Å². The maximum atomic E-state index is 15.0. The van der Waals surface area contributed by atoms with E-state index in [1.165, 1.54) is 6.07 Å². The van der Waals surface area contributed by atoms with Gasteiger partial charge in [0.15, 0.2) is 17.5 Å². The molecule has 206 valence electrons. The molecule has 5 aromatic rings. The molecule has 9 heteroatoms. The van der Waals surface area contributed by atoms with Gasteiger partial charge in [-0.15, -0.1) is 0 Å². The quantitative estimate of drug-likeness (QED) is 0.119. The number of rotatable bonds is 4. The van der Waals surface area contributed by atoms with Crippen LogP contribution in [-0.4, -0.2) is 0 Å². The highest BCUT2D eigenvalue weighted by atomic mass is 19.3. The number of hydrogen-bond donors (Lipinski definition) is 0. The molecule has 0 spiro atoms. The van der Waals surface area contributed by atoms with Crippen LogP contribution in [0.25, 0.3) is 21.9 Å². The monoisotopic (exact) mass is 568 g/mol. The predicted octanol–water partition coefficient (Wildman–Crippen LogP) is 9.18. The molecular formula is C32H16F8O. The Morgan fingerprint density at radius 2 is 1.24 bits per heavy atom. The fraction of sp³-hybridized carbons (Fsp3) is 0.0625. The molecule has 0 fully saturated rings. The second-order valence-corrected chi connectivity index (χ2v) is 9.10. The first-order valence-electron chi connectivity index (χ1n) is 11.9. The normalized spacial score (nSPS) is 11.3. The summed E-state index contributed by atoms with van der Waals surface area (Å²) < 4.78 is 117. The molecule has 0 heterocycles. The van der Waals surface area contributed by atoms with Crippen LogP contribution in [0, 0.1) is 53.7 Å². The van der Waals surface area contributed by atoms with E-state index >= 15 is 4.39 Å². The van der Waals surface area contributed by atoms with Crippen LogP contribution in [0.4, 0.5) is 35.1 Å². The molecule has 0 aliphatic heterocycles. The van der Waals surface area contributed by atoms with E-state index in [1.54, 1.807) is 13.0 Å². The Hall–Kier alpha value is -4.84. The second kappa shape index (κ2) is 10.6. The highest BCUT2D eigenvalue weighted by molar-refractivity contribution is 5.87. The van der Waals surface area contributed by atoms with Crippen LogP contribution < -0.4 is 4.74 Å². The maximum Gasteiger partial charge on any atom is 0.432 e. The van der Waals surface area contributed by atoms with Crippen LogP contribution in [0.3, 0.4) is 0 Å². The minimum atomic E-state index is -4.74. The van der Waals surface area contributed by atoms with Gasteiger partial charge in [-0.2, -0.15) is 8.78 Å². The van der Waals surface area contributed by atoms with E-state index in [2.05, 4.69) is 16.6 Å². The fourth-order valence-electron chi connectivity index (χ4n) is 4.29. The third kappa shape index (κ3) is 5.59. The van der Waals surface area contributed by atoms with Gasteiger partial charge in [-0.05, 0) is 64.7 Å². The van der Waals surface area contributed by atoms with E-state index < -0.39 is 57.9 Å². The van der Waals surface area contributed by atoms with Gasteiger partial charge in [0.2, 0.25) is 0 Å². The Kier molecular flexibility index (Phi) is 7.18. The number of benzene rings is 5. The summed E-state index contributed by atoms with van der Waals surface area (Å²) >= 11 is 0. The summed E-state index contributed by atoms with van der Waals surface area (Å²) in [5.74, 6) is -6.24. The lowest BCUT2D eigenvalue weighted by atomic mass is 9.97. The Morgan fingerprint density at radius 3 is 1.88 bits per heavy atom. The lowest BCUT2D eigenvalue weighted by molar-refractivity contribution is -0.189. The van der Waals surface area contributed by atoms with Gasteiger partial charge in [0.1, 0.15) is 28.8 Å². The lowest BCUT2D eigenvalue weighted by Gasteiger charge is -2.19. The van der Waals surface area contributed by atoms with Crippen molar-refractivity contribution in [3.8, 4) is 28.7 Å². The first-order chi connectivity index (χ1) is 19.4. The lowest BCUT2D eigenvalue weighted by Crippen LogP contribution is -2.25. The zero-order chi connectivity index (χ0) is 29.5. The van der Waals surface area contributed by atoms with Crippen LogP contribution in [0.5, 0.6) is 5.75 Å². The van der Waals surface area contributed by atoms with Crippen molar-refractivity contribution < 1.29 is 39.9 Å². The summed E-state index contributed by atoms with van der Waals surface area (Å²) in [4.78, 5) is 0. The van der Waals surface area contributed by atoms with Crippen LogP contribution in [0.2, 0.25) is 0 Å². The Morgan fingerprint density at radius 1 is 0.610 bits per heavy atom. The number of aryl methyl sites for hydroxylation is 1. The standard InChI is InChI=1S/C32H16F8O/c1-17-10-22(21-8-7-19-4-2-3-5-20(19)13-21)14-25(33)24(17)9-6-18-11-26(34)30(27(35)12-18)32(39,40)41-23-15-28(36)31(38)29(37)16-23/h2-5,7-8,10-16H,1H3. The molecule has 0 aromatic heterocycles. The zero-order valence-electron chi connectivity index (χ0n) is 20.9. The minimum absolute atomic E-state index is 0.0616. The largest absolute Gasteiger partial charge is 0.432 e. The molecule has 0 saturated carbocycles. The molecule has 0 amide bonds. The number of ether oxygens (including phenoxy) is 1. The highest BCUT2D eigenvalue weighted by Gasteiger charge is 2.41. The number of halogens is 8. The highest BCUT2D eigenvalue weighted by Crippen LogP contribution is 2.36. The molecule has 0 aliphatic carbocycles. The van der Waals surface area contributed by atoms with Crippen molar-refractivity contribution in [3.05, 3.63) is 136 Å². The zero-order valence-corrected chi connectivity index (χ0v) is 20.9. The van der Waals surface area contributed by atoms with Gasteiger partial charge in [-0.1, -0.05) is 48.2 Å². The molecule has 1 nitrogen and oxygen atoms in total. The fourth-order valence-corrected chi connectivity index (χ4v) is 4.29. The van der Waals surface area contributed by atoms with Crippen molar-refractivity contribution in [1.29, 1.82) is 0 Å². The van der Waals surface area contributed by atoms with E-state index in [0.29, 0.717) is 23.3 Å². The topological polar surface area (TPSA) is 9.23 Å². The molecule has 0 unspecified atom stereocenters. The van der Waals surface area contributed by atoms with Crippen molar-refractivity contribution in [2.45, 2.75) is 13.0 Å². The minimum Gasteiger partial charge on any atom is -0.429 e. The van der Waals surface area contributed by atoms with Gasteiger partial charge < -0.3 is 4.74 Å². The Labute approximate surface area is 228 Å². The van der Waals surface area contributed by atoms with E-state index in [1.807, 2.05) is 42.5 Å². The summed E-state index contributed by atoms with van der Waals surface area (Å²) in [7, 11) is 0.